The third kappa shape index (κ3) is 4.69. The molecular weight excluding hydrogens is 296 g/mol. The van der Waals surface area contributed by atoms with Gasteiger partial charge in [-0.05, 0) is 46.5 Å². The molecule has 1 rings (SSSR count). The van der Waals surface area contributed by atoms with Crippen molar-refractivity contribution in [2.45, 2.75) is 27.2 Å². The van der Waals surface area contributed by atoms with Gasteiger partial charge in [-0.1, -0.05) is 20.8 Å². The minimum atomic E-state index is -0.298. The minimum absolute atomic E-state index is 0.298. The zero-order valence-corrected chi connectivity index (χ0v) is 12.6. The Morgan fingerprint density at radius 1 is 1.39 bits per heavy atom. The third-order valence-corrected chi connectivity index (χ3v) is 2.80. The number of hydrogen-bond donors (Lipinski definition) is 0. The van der Waals surface area contributed by atoms with Gasteiger partial charge in [0.25, 0.3) is 0 Å². The fraction of sp³-hybridized carbons (Fsp3) is 0.500. The summed E-state index contributed by atoms with van der Waals surface area (Å²) in [6, 6.07) is 5.24. The predicted molar refractivity (Wildman–Crippen MR) is 75.0 cm³/mol. The van der Waals surface area contributed by atoms with Crippen LogP contribution in [0, 0.1) is 5.92 Å². The molecule has 0 aliphatic heterocycles. The Morgan fingerprint density at radius 3 is 2.67 bits per heavy atom. The number of ether oxygens (including phenoxy) is 2. The smallest absolute Gasteiger partial charge is 0.338 e. The van der Waals surface area contributed by atoms with Gasteiger partial charge in [-0.15, -0.1) is 0 Å². The van der Waals surface area contributed by atoms with Crippen molar-refractivity contribution in [1.29, 1.82) is 0 Å². The predicted octanol–water partition coefficient (Wildman–Crippen LogP) is 4.05. The first kappa shape index (κ1) is 15.0. The molecule has 18 heavy (non-hydrogen) atoms. The fourth-order valence-electron chi connectivity index (χ4n) is 1.28. The molecule has 0 aliphatic rings. The summed E-state index contributed by atoms with van der Waals surface area (Å²) in [4.78, 5) is 11.6. The van der Waals surface area contributed by atoms with E-state index in [2.05, 4.69) is 29.8 Å². The van der Waals surface area contributed by atoms with E-state index < -0.39 is 0 Å². The van der Waals surface area contributed by atoms with Crippen molar-refractivity contribution < 1.29 is 14.3 Å². The molecule has 0 saturated heterocycles. The van der Waals surface area contributed by atoms with Gasteiger partial charge in [0, 0.05) is 0 Å². The van der Waals surface area contributed by atoms with E-state index in [9.17, 15) is 4.79 Å². The number of esters is 1. The first-order valence-electron chi connectivity index (χ1n) is 6.14. The molecule has 0 spiro atoms. The molecule has 3 nitrogen and oxygen atoms in total. The summed E-state index contributed by atoms with van der Waals surface area (Å²) in [5.74, 6) is 0.912. The lowest BCUT2D eigenvalue weighted by Crippen LogP contribution is -2.07. The highest BCUT2D eigenvalue weighted by molar-refractivity contribution is 9.10. The summed E-state index contributed by atoms with van der Waals surface area (Å²) in [5, 5.41) is 0. The lowest BCUT2D eigenvalue weighted by atomic mass is 10.2. The first-order valence-corrected chi connectivity index (χ1v) is 6.93. The van der Waals surface area contributed by atoms with E-state index in [0.29, 0.717) is 24.7 Å². The Hall–Kier alpha value is -1.03. The van der Waals surface area contributed by atoms with Crippen LogP contribution in [0.25, 0.3) is 0 Å². The summed E-state index contributed by atoms with van der Waals surface area (Å²) in [7, 11) is 0. The maximum atomic E-state index is 11.6. The number of carbonyl (C=O) groups excluding carboxylic acids is 1. The third-order valence-electron chi connectivity index (χ3n) is 2.18. The van der Waals surface area contributed by atoms with E-state index in [1.54, 1.807) is 18.2 Å². The Morgan fingerprint density at radius 2 is 2.11 bits per heavy atom. The molecular formula is C14H19BrO3. The van der Waals surface area contributed by atoms with Crippen molar-refractivity contribution in [3.8, 4) is 5.75 Å². The average Bonchev–Trinajstić information content (AvgIpc) is 2.34. The second-order valence-corrected chi connectivity index (χ2v) is 5.34. The Labute approximate surface area is 117 Å². The molecule has 0 aliphatic carbocycles. The minimum Gasteiger partial charge on any atom is -0.492 e. The number of hydrogen-bond acceptors (Lipinski definition) is 3. The van der Waals surface area contributed by atoms with Crippen molar-refractivity contribution in [1.82, 2.24) is 0 Å². The maximum absolute atomic E-state index is 11.6. The number of benzene rings is 1. The van der Waals surface area contributed by atoms with Gasteiger partial charge < -0.3 is 9.47 Å². The van der Waals surface area contributed by atoms with Gasteiger partial charge in [-0.3, -0.25) is 0 Å². The SMILES string of the molecule is CCCOC(=O)c1ccc(OCC(C)C)c(Br)c1. The lowest BCUT2D eigenvalue weighted by Gasteiger charge is -2.11. The molecule has 0 heterocycles. The van der Waals surface area contributed by atoms with Crippen molar-refractivity contribution >= 4 is 21.9 Å². The summed E-state index contributed by atoms with van der Waals surface area (Å²) >= 11 is 3.40. The quantitative estimate of drug-likeness (QED) is 0.743. The van der Waals surface area contributed by atoms with Crippen LogP contribution in [0.4, 0.5) is 0 Å². The monoisotopic (exact) mass is 314 g/mol. The molecule has 0 fully saturated rings. The second-order valence-electron chi connectivity index (χ2n) is 4.49. The number of rotatable bonds is 6. The summed E-state index contributed by atoms with van der Waals surface area (Å²) in [5.41, 5.74) is 0.534. The van der Waals surface area contributed by atoms with Gasteiger partial charge in [0.15, 0.2) is 0 Å². The standard InChI is InChI=1S/C14H19BrO3/c1-4-7-17-14(16)11-5-6-13(12(15)8-11)18-9-10(2)3/h5-6,8,10H,4,7,9H2,1-3H3. The Bertz CT molecular complexity index is 402. The van der Waals surface area contributed by atoms with Crippen LogP contribution in [-0.2, 0) is 4.74 Å². The molecule has 4 heteroatoms. The van der Waals surface area contributed by atoms with Crippen molar-refractivity contribution in [3.63, 3.8) is 0 Å². The highest BCUT2D eigenvalue weighted by Crippen LogP contribution is 2.26. The van der Waals surface area contributed by atoms with Crippen LogP contribution >= 0.6 is 15.9 Å². The van der Waals surface area contributed by atoms with Gasteiger partial charge >= 0.3 is 5.97 Å². The zero-order chi connectivity index (χ0) is 13.5. The van der Waals surface area contributed by atoms with Crippen LogP contribution in [-0.4, -0.2) is 19.2 Å². The van der Waals surface area contributed by atoms with E-state index in [4.69, 9.17) is 9.47 Å². The van der Waals surface area contributed by atoms with Gasteiger partial charge in [0.05, 0.1) is 23.2 Å². The molecule has 0 unspecified atom stereocenters. The van der Waals surface area contributed by atoms with Crippen LogP contribution in [0.3, 0.4) is 0 Å². The van der Waals surface area contributed by atoms with Crippen LogP contribution in [0.1, 0.15) is 37.6 Å². The van der Waals surface area contributed by atoms with Gasteiger partial charge in [0.2, 0.25) is 0 Å². The summed E-state index contributed by atoms with van der Waals surface area (Å²) in [6.45, 7) is 7.24. The molecule has 0 aromatic heterocycles. The van der Waals surface area contributed by atoms with Crippen LogP contribution in [0.5, 0.6) is 5.75 Å². The van der Waals surface area contributed by atoms with E-state index >= 15 is 0 Å². The van der Waals surface area contributed by atoms with Crippen molar-refractivity contribution in [3.05, 3.63) is 28.2 Å². The largest absolute Gasteiger partial charge is 0.492 e. The topological polar surface area (TPSA) is 35.5 Å². The molecule has 0 atom stereocenters. The van der Waals surface area contributed by atoms with E-state index in [-0.39, 0.29) is 5.97 Å². The van der Waals surface area contributed by atoms with Crippen LogP contribution < -0.4 is 4.74 Å². The Balaban J connectivity index is 2.69. The molecule has 0 radical (unpaired) electrons. The molecule has 0 saturated carbocycles. The molecule has 0 bridgehead atoms. The second kappa shape index (κ2) is 7.41. The zero-order valence-electron chi connectivity index (χ0n) is 11.0. The highest BCUT2D eigenvalue weighted by atomic mass is 79.9. The first-order chi connectivity index (χ1) is 8.54. The van der Waals surface area contributed by atoms with Gasteiger partial charge in [0.1, 0.15) is 5.75 Å². The van der Waals surface area contributed by atoms with E-state index in [1.807, 2.05) is 6.92 Å². The van der Waals surface area contributed by atoms with Gasteiger partial charge in [-0.25, -0.2) is 4.79 Å². The van der Waals surface area contributed by atoms with E-state index in [0.717, 1.165) is 16.6 Å². The number of halogens is 1. The molecule has 0 amide bonds. The summed E-state index contributed by atoms with van der Waals surface area (Å²) < 4.78 is 11.5. The molecule has 1 aromatic rings. The van der Waals surface area contributed by atoms with Crippen molar-refractivity contribution in [2.24, 2.45) is 5.92 Å². The Kier molecular flexibility index (Phi) is 6.19. The van der Waals surface area contributed by atoms with Gasteiger partial charge in [-0.2, -0.15) is 0 Å². The number of carbonyl (C=O) groups is 1. The molecule has 1 aromatic carbocycles. The fourth-order valence-corrected chi connectivity index (χ4v) is 1.77. The molecule has 100 valence electrons. The van der Waals surface area contributed by atoms with E-state index in [1.165, 1.54) is 0 Å². The van der Waals surface area contributed by atoms with Crippen LogP contribution in [0.2, 0.25) is 0 Å². The highest BCUT2D eigenvalue weighted by Gasteiger charge is 2.10. The molecule has 0 N–H and O–H groups in total. The average molecular weight is 315 g/mol. The van der Waals surface area contributed by atoms with Crippen molar-refractivity contribution in [2.75, 3.05) is 13.2 Å². The van der Waals surface area contributed by atoms with Crippen LogP contribution in [0.15, 0.2) is 22.7 Å². The normalized spacial score (nSPS) is 10.5. The lowest BCUT2D eigenvalue weighted by molar-refractivity contribution is 0.0505. The summed E-state index contributed by atoms with van der Waals surface area (Å²) in [6.07, 6.45) is 0.822. The maximum Gasteiger partial charge on any atom is 0.338 e.